The summed E-state index contributed by atoms with van der Waals surface area (Å²) in [4.78, 5) is 13.8. The summed E-state index contributed by atoms with van der Waals surface area (Å²) < 4.78 is 5.63. The lowest BCUT2D eigenvalue weighted by Crippen LogP contribution is -2.48. The molecule has 1 atom stereocenters. The summed E-state index contributed by atoms with van der Waals surface area (Å²) in [7, 11) is 0. The van der Waals surface area contributed by atoms with Crippen LogP contribution in [0.25, 0.3) is 0 Å². The second-order valence-corrected chi connectivity index (χ2v) is 5.68. The quantitative estimate of drug-likeness (QED) is 0.885. The van der Waals surface area contributed by atoms with Crippen molar-refractivity contribution in [3.63, 3.8) is 0 Å². The first-order valence-corrected chi connectivity index (χ1v) is 6.91. The van der Waals surface area contributed by atoms with Crippen LogP contribution in [-0.4, -0.2) is 36.2 Å². The minimum Gasteiger partial charge on any atom is -0.440 e. The standard InChI is InChI=1S/C15H20N2O2/c1-12-4-2-5-13(8-12)9-17-11-15(19-14(17)18)6-3-7-16-10-15/h2,4-5,8,16H,3,6-7,9-11H2,1H3. The Hall–Kier alpha value is -1.55. The molecule has 0 bridgehead atoms. The monoisotopic (exact) mass is 260 g/mol. The van der Waals surface area contributed by atoms with E-state index < -0.39 is 0 Å². The smallest absolute Gasteiger partial charge is 0.410 e. The number of piperidine rings is 1. The zero-order valence-corrected chi connectivity index (χ0v) is 11.3. The number of ether oxygens (including phenoxy) is 1. The molecule has 4 nitrogen and oxygen atoms in total. The molecule has 19 heavy (non-hydrogen) atoms. The maximum atomic E-state index is 12.0. The zero-order valence-electron chi connectivity index (χ0n) is 11.3. The van der Waals surface area contributed by atoms with Gasteiger partial charge in [-0.1, -0.05) is 29.8 Å². The molecule has 2 aliphatic rings. The van der Waals surface area contributed by atoms with E-state index in [1.807, 2.05) is 11.0 Å². The Morgan fingerprint density at radius 3 is 3.11 bits per heavy atom. The van der Waals surface area contributed by atoms with Crippen LogP contribution in [-0.2, 0) is 11.3 Å². The van der Waals surface area contributed by atoms with Gasteiger partial charge in [-0.15, -0.1) is 0 Å². The average molecular weight is 260 g/mol. The van der Waals surface area contributed by atoms with Crippen molar-refractivity contribution in [2.45, 2.75) is 31.9 Å². The molecule has 2 aliphatic heterocycles. The topological polar surface area (TPSA) is 41.6 Å². The molecule has 1 N–H and O–H groups in total. The molecule has 3 rings (SSSR count). The number of nitrogens with one attached hydrogen (secondary N) is 1. The van der Waals surface area contributed by atoms with Crippen molar-refractivity contribution >= 4 is 6.09 Å². The Bertz CT molecular complexity index is 481. The van der Waals surface area contributed by atoms with Crippen molar-refractivity contribution in [2.24, 2.45) is 0 Å². The normalized spacial score (nSPS) is 26.8. The van der Waals surface area contributed by atoms with Crippen LogP contribution < -0.4 is 5.32 Å². The van der Waals surface area contributed by atoms with Gasteiger partial charge in [-0.05, 0) is 31.9 Å². The molecule has 2 fully saturated rings. The molecule has 0 aromatic heterocycles. The Labute approximate surface area is 113 Å². The molecule has 0 aliphatic carbocycles. The molecule has 1 aromatic rings. The van der Waals surface area contributed by atoms with Crippen LogP contribution in [0.3, 0.4) is 0 Å². The van der Waals surface area contributed by atoms with Gasteiger partial charge in [0, 0.05) is 13.1 Å². The van der Waals surface area contributed by atoms with Gasteiger partial charge < -0.3 is 10.1 Å². The lowest BCUT2D eigenvalue weighted by molar-refractivity contribution is 0.0366. The molecule has 0 radical (unpaired) electrons. The average Bonchev–Trinajstić information content (AvgIpc) is 2.66. The van der Waals surface area contributed by atoms with Gasteiger partial charge in [0.15, 0.2) is 0 Å². The van der Waals surface area contributed by atoms with Crippen LogP contribution in [0.1, 0.15) is 24.0 Å². The van der Waals surface area contributed by atoms with Gasteiger partial charge in [0.1, 0.15) is 5.60 Å². The largest absolute Gasteiger partial charge is 0.440 e. The van der Waals surface area contributed by atoms with Crippen LogP contribution in [0.15, 0.2) is 24.3 Å². The highest BCUT2D eigenvalue weighted by Gasteiger charge is 2.45. The fourth-order valence-corrected chi connectivity index (χ4v) is 3.01. The molecule has 2 saturated heterocycles. The Morgan fingerprint density at radius 1 is 1.47 bits per heavy atom. The molecular formula is C15H20N2O2. The van der Waals surface area contributed by atoms with Gasteiger partial charge in [0.25, 0.3) is 0 Å². The number of hydrogen-bond donors (Lipinski definition) is 1. The van der Waals surface area contributed by atoms with Crippen LogP contribution in [0.2, 0.25) is 0 Å². The maximum absolute atomic E-state index is 12.0. The number of aryl methyl sites for hydroxylation is 1. The highest BCUT2D eigenvalue weighted by molar-refractivity contribution is 5.70. The van der Waals surface area contributed by atoms with Gasteiger partial charge in [-0.2, -0.15) is 0 Å². The lowest BCUT2D eigenvalue weighted by atomic mass is 9.94. The Morgan fingerprint density at radius 2 is 2.37 bits per heavy atom. The van der Waals surface area contributed by atoms with Crippen molar-refractivity contribution in [1.29, 1.82) is 0 Å². The fourth-order valence-electron chi connectivity index (χ4n) is 3.01. The molecular weight excluding hydrogens is 240 g/mol. The van der Waals surface area contributed by atoms with E-state index in [9.17, 15) is 4.79 Å². The van der Waals surface area contributed by atoms with E-state index in [1.165, 1.54) is 5.56 Å². The van der Waals surface area contributed by atoms with E-state index in [0.717, 1.165) is 31.5 Å². The molecule has 1 unspecified atom stereocenters. The van der Waals surface area contributed by atoms with Crippen molar-refractivity contribution in [2.75, 3.05) is 19.6 Å². The molecule has 1 spiro atoms. The van der Waals surface area contributed by atoms with Gasteiger partial charge >= 0.3 is 6.09 Å². The molecule has 102 valence electrons. The summed E-state index contributed by atoms with van der Waals surface area (Å²) in [6, 6.07) is 8.28. The molecule has 0 saturated carbocycles. The number of nitrogens with zero attached hydrogens (tertiary/aromatic N) is 1. The minimum atomic E-state index is -0.293. The van der Waals surface area contributed by atoms with E-state index in [1.54, 1.807) is 0 Å². The summed E-state index contributed by atoms with van der Waals surface area (Å²) in [6.07, 6.45) is 1.87. The second-order valence-electron chi connectivity index (χ2n) is 5.68. The molecule has 1 amide bonds. The van der Waals surface area contributed by atoms with E-state index in [0.29, 0.717) is 13.1 Å². The Kier molecular flexibility index (Phi) is 3.19. The second kappa shape index (κ2) is 4.85. The van der Waals surface area contributed by atoms with Gasteiger partial charge in [-0.3, -0.25) is 4.90 Å². The number of rotatable bonds is 2. The van der Waals surface area contributed by atoms with Crippen LogP contribution >= 0.6 is 0 Å². The molecule has 2 heterocycles. The summed E-state index contributed by atoms with van der Waals surface area (Å²) >= 11 is 0. The molecule has 4 heteroatoms. The maximum Gasteiger partial charge on any atom is 0.410 e. The minimum absolute atomic E-state index is 0.176. The van der Waals surface area contributed by atoms with E-state index >= 15 is 0 Å². The summed E-state index contributed by atoms with van der Waals surface area (Å²) in [5.74, 6) is 0. The van der Waals surface area contributed by atoms with E-state index in [4.69, 9.17) is 4.74 Å². The van der Waals surface area contributed by atoms with Crippen molar-refractivity contribution < 1.29 is 9.53 Å². The number of carbonyl (C=O) groups excluding carboxylic acids is 1. The van der Waals surface area contributed by atoms with Crippen molar-refractivity contribution in [3.05, 3.63) is 35.4 Å². The third kappa shape index (κ3) is 2.59. The SMILES string of the molecule is Cc1cccc(CN2CC3(CCCNC3)OC2=O)c1. The van der Waals surface area contributed by atoms with Gasteiger partial charge in [0.05, 0.1) is 6.54 Å². The highest BCUT2D eigenvalue weighted by atomic mass is 16.6. The van der Waals surface area contributed by atoms with Crippen LogP contribution in [0, 0.1) is 6.92 Å². The third-order valence-electron chi connectivity index (χ3n) is 3.93. The Balaban J connectivity index is 1.70. The number of carbonyl (C=O) groups is 1. The summed E-state index contributed by atoms with van der Waals surface area (Å²) in [5.41, 5.74) is 2.09. The first kappa shape index (κ1) is 12.5. The number of amides is 1. The summed E-state index contributed by atoms with van der Waals surface area (Å²) in [5, 5.41) is 3.33. The van der Waals surface area contributed by atoms with Gasteiger partial charge in [0.2, 0.25) is 0 Å². The van der Waals surface area contributed by atoms with E-state index in [2.05, 4.69) is 30.4 Å². The zero-order chi connectivity index (χ0) is 13.3. The predicted octanol–water partition coefficient (Wildman–Crippen LogP) is 2.07. The highest BCUT2D eigenvalue weighted by Crippen LogP contribution is 2.30. The number of hydrogen-bond acceptors (Lipinski definition) is 3. The van der Waals surface area contributed by atoms with Crippen LogP contribution in [0.5, 0.6) is 0 Å². The number of benzene rings is 1. The molecule has 1 aromatic carbocycles. The van der Waals surface area contributed by atoms with E-state index in [-0.39, 0.29) is 11.7 Å². The van der Waals surface area contributed by atoms with Gasteiger partial charge in [-0.25, -0.2) is 4.79 Å². The lowest BCUT2D eigenvalue weighted by Gasteiger charge is -2.31. The van der Waals surface area contributed by atoms with Crippen molar-refractivity contribution in [1.82, 2.24) is 10.2 Å². The van der Waals surface area contributed by atoms with Crippen molar-refractivity contribution in [3.8, 4) is 0 Å². The predicted molar refractivity (Wildman–Crippen MR) is 72.9 cm³/mol. The third-order valence-corrected chi connectivity index (χ3v) is 3.93. The first-order chi connectivity index (χ1) is 9.17. The van der Waals surface area contributed by atoms with Crippen LogP contribution in [0.4, 0.5) is 4.79 Å². The first-order valence-electron chi connectivity index (χ1n) is 6.91. The summed E-state index contributed by atoms with van der Waals surface area (Å²) in [6.45, 7) is 5.22. The fraction of sp³-hybridized carbons (Fsp3) is 0.533.